The highest BCUT2D eigenvalue weighted by Gasteiger charge is 2.30. The number of nitrogens with zero attached hydrogens (tertiary/aromatic N) is 1. The second-order valence-electron chi connectivity index (χ2n) is 7.58. The van der Waals surface area contributed by atoms with Crippen LogP contribution in [0.15, 0.2) is 78.9 Å². The number of hydrogen-bond donors (Lipinski definition) is 1. The fraction of sp³-hybridized carbons (Fsp3) is 0.231. The topological polar surface area (TPSA) is 67.9 Å². The molecule has 0 radical (unpaired) electrons. The van der Waals surface area contributed by atoms with E-state index in [1.807, 2.05) is 85.8 Å². The molecule has 3 aromatic rings. The number of amides is 2. The Hall–Kier alpha value is -3.80. The summed E-state index contributed by atoms with van der Waals surface area (Å²) in [5.41, 5.74) is 2.64. The van der Waals surface area contributed by atoms with E-state index in [2.05, 4.69) is 5.32 Å². The van der Waals surface area contributed by atoms with Crippen LogP contribution in [0.2, 0.25) is 0 Å². The Labute approximate surface area is 187 Å². The molecule has 1 N–H and O–H groups in total. The van der Waals surface area contributed by atoms with Crippen molar-refractivity contribution in [3.63, 3.8) is 0 Å². The second kappa shape index (κ2) is 10.0. The number of carbonyl (C=O) groups is 2. The largest absolute Gasteiger partial charge is 0.454 e. The van der Waals surface area contributed by atoms with Crippen LogP contribution in [0.1, 0.15) is 36.1 Å². The molecule has 0 aliphatic carbocycles. The van der Waals surface area contributed by atoms with Gasteiger partial charge in [0.2, 0.25) is 18.6 Å². The van der Waals surface area contributed by atoms with E-state index in [-0.39, 0.29) is 18.6 Å². The van der Waals surface area contributed by atoms with Crippen LogP contribution >= 0.6 is 0 Å². The number of hydrogen-bond acceptors (Lipinski definition) is 4. The van der Waals surface area contributed by atoms with Gasteiger partial charge in [-0.1, -0.05) is 73.7 Å². The van der Waals surface area contributed by atoms with Gasteiger partial charge in [0.05, 0.1) is 0 Å². The van der Waals surface area contributed by atoms with Crippen LogP contribution in [0.5, 0.6) is 11.5 Å². The van der Waals surface area contributed by atoms with Crippen molar-refractivity contribution in [2.24, 2.45) is 0 Å². The fourth-order valence-electron chi connectivity index (χ4n) is 3.75. The molecule has 0 aromatic heterocycles. The minimum atomic E-state index is -0.738. The highest BCUT2D eigenvalue weighted by atomic mass is 16.7. The zero-order chi connectivity index (χ0) is 22.3. The molecule has 6 nitrogen and oxygen atoms in total. The highest BCUT2D eigenvalue weighted by molar-refractivity contribution is 5.88. The van der Waals surface area contributed by atoms with Gasteiger partial charge in [-0.15, -0.1) is 0 Å². The zero-order valence-corrected chi connectivity index (χ0v) is 18.0. The third-order valence-corrected chi connectivity index (χ3v) is 5.40. The van der Waals surface area contributed by atoms with Gasteiger partial charge in [-0.2, -0.15) is 0 Å². The minimum absolute atomic E-state index is 0.0825. The predicted molar refractivity (Wildman–Crippen MR) is 121 cm³/mol. The van der Waals surface area contributed by atoms with Crippen LogP contribution in [0.25, 0.3) is 0 Å². The molecular weight excluding hydrogens is 404 g/mol. The van der Waals surface area contributed by atoms with E-state index in [0.717, 1.165) is 16.7 Å². The van der Waals surface area contributed by atoms with Crippen molar-refractivity contribution in [2.75, 3.05) is 6.79 Å². The number of ether oxygens (including phenoxy) is 2. The van der Waals surface area contributed by atoms with Crippen molar-refractivity contribution < 1.29 is 19.1 Å². The third-order valence-electron chi connectivity index (χ3n) is 5.40. The fourth-order valence-corrected chi connectivity index (χ4v) is 3.75. The summed E-state index contributed by atoms with van der Waals surface area (Å²) in [7, 11) is 0. The molecule has 1 atom stereocenters. The first-order chi connectivity index (χ1) is 15.7. The summed E-state index contributed by atoms with van der Waals surface area (Å²) in [4.78, 5) is 28.0. The standard InChI is InChI=1S/C26H26N2O4/c1-2-24(29)28(17-19-9-5-3-6-10-19)25(21-11-7-4-8-12-21)26(30)27-16-20-13-14-22-23(15-20)32-18-31-22/h3-15,25H,2,16-18H2,1H3,(H,27,30). The van der Waals surface area contributed by atoms with E-state index in [1.54, 1.807) is 4.90 Å². The molecule has 6 heteroatoms. The SMILES string of the molecule is CCC(=O)N(Cc1ccccc1)C(C(=O)NCc1ccc2c(c1)OCO2)c1ccccc1. The lowest BCUT2D eigenvalue weighted by molar-refractivity contribution is -0.141. The smallest absolute Gasteiger partial charge is 0.247 e. The van der Waals surface area contributed by atoms with E-state index in [9.17, 15) is 9.59 Å². The lowest BCUT2D eigenvalue weighted by Crippen LogP contribution is -2.43. The first kappa shape index (κ1) is 21.4. The maximum absolute atomic E-state index is 13.4. The molecule has 0 saturated carbocycles. The Kier molecular flexibility index (Phi) is 6.70. The molecule has 3 aromatic carbocycles. The Morgan fingerprint density at radius 3 is 2.31 bits per heavy atom. The molecule has 1 aliphatic rings. The average Bonchev–Trinajstić information content (AvgIpc) is 3.31. The molecule has 32 heavy (non-hydrogen) atoms. The van der Waals surface area contributed by atoms with Crippen molar-refractivity contribution in [2.45, 2.75) is 32.5 Å². The van der Waals surface area contributed by atoms with Crippen LogP contribution in [-0.2, 0) is 22.7 Å². The molecule has 0 saturated heterocycles. The van der Waals surface area contributed by atoms with Crippen molar-refractivity contribution in [1.82, 2.24) is 10.2 Å². The van der Waals surface area contributed by atoms with E-state index in [4.69, 9.17) is 9.47 Å². The van der Waals surface area contributed by atoms with Crippen LogP contribution in [0.4, 0.5) is 0 Å². The van der Waals surface area contributed by atoms with Crippen molar-refractivity contribution in [1.29, 1.82) is 0 Å². The van der Waals surface area contributed by atoms with Crippen LogP contribution < -0.4 is 14.8 Å². The first-order valence-electron chi connectivity index (χ1n) is 10.7. The highest BCUT2D eigenvalue weighted by Crippen LogP contribution is 2.32. The number of carbonyl (C=O) groups excluding carboxylic acids is 2. The molecule has 4 rings (SSSR count). The molecule has 164 valence electrons. The Bertz CT molecular complexity index is 1070. The summed E-state index contributed by atoms with van der Waals surface area (Å²) >= 11 is 0. The van der Waals surface area contributed by atoms with Gasteiger partial charge in [-0.25, -0.2) is 0 Å². The van der Waals surface area contributed by atoms with Crippen LogP contribution in [0, 0.1) is 0 Å². The van der Waals surface area contributed by atoms with Gasteiger partial charge in [0.1, 0.15) is 6.04 Å². The van der Waals surface area contributed by atoms with Crippen LogP contribution in [0.3, 0.4) is 0 Å². The Balaban J connectivity index is 1.58. The molecule has 1 aliphatic heterocycles. The van der Waals surface area contributed by atoms with Gasteiger partial charge >= 0.3 is 0 Å². The van der Waals surface area contributed by atoms with Crippen molar-refractivity contribution >= 4 is 11.8 Å². The predicted octanol–water partition coefficient (Wildman–Crippen LogP) is 4.21. The normalized spacial score (nSPS) is 12.8. The number of fused-ring (bicyclic) bond motifs is 1. The van der Waals surface area contributed by atoms with E-state index in [1.165, 1.54) is 0 Å². The van der Waals surface area contributed by atoms with Crippen molar-refractivity contribution in [3.05, 3.63) is 95.6 Å². The zero-order valence-electron chi connectivity index (χ0n) is 18.0. The maximum atomic E-state index is 13.4. The molecule has 0 bridgehead atoms. The van der Waals surface area contributed by atoms with Gasteiger partial charge in [-0.05, 0) is 28.8 Å². The average molecular weight is 431 g/mol. The minimum Gasteiger partial charge on any atom is -0.454 e. The van der Waals surface area contributed by atoms with E-state index >= 15 is 0 Å². The summed E-state index contributed by atoms with van der Waals surface area (Å²) < 4.78 is 10.8. The quantitative estimate of drug-likeness (QED) is 0.581. The first-order valence-corrected chi connectivity index (χ1v) is 10.7. The van der Waals surface area contributed by atoms with Gasteiger partial charge in [0, 0.05) is 19.5 Å². The monoisotopic (exact) mass is 430 g/mol. The number of rotatable bonds is 8. The summed E-state index contributed by atoms with van der Waals surface area (Å²) in [6.45, 7) is 2.69. The second-order valence-corrected chi connectivity index (χ2v) is 7.58. The number of nitrogens with one attached hydrogen (secondary N) is 1. The van der Waals surface area contributed by atoms with Crippen LogP contribution in [-0.4, -0.2) is 23.5 Å². The summed E-state index contributed by atoms with van der Waals surface area (Å²) in [6.07, 6.45) is 0.311. The maximum Gasteiger partial charge on any atom is 0.247 e. The van der Waals surface area contributed by atoms with Gasteiger partial charge in [0.25, 0.3) is 0 Å². The van der Waals surface area contributed by atoms with E-state index in [0.29, 0.717) is 31.0 Å². The van der Waals surface area contributed by atoms with Gasteiger partial charge in [-0.3, -0.25) is 9.59 Å². The third kappa shape index (κ3) is 4.91. The summed E-state index contributed by atoms with van der Waals surface area (Å²) in [5.74, 6) is 1.06. The molecule has 0 fully saturated rings. The van der Waals surface area contributed by atoms with Crippen molar-refractivity contribution in [3.8, 4) is 11.5 Å². The Morgan fingerprint density at radius 2 is 1.59 bits per heavy atom. The Morgan fingerprint density at radius 1 is 0.906 bits per heavy atom. The molecular formula is C26H26N2O4. The summed E-state index contributed by atoms with van der Waals surface area (Å²) in [5, 5.41) is 3.00. The lowest BCUT2D eigenvalue weighted by Gasteiger charge is -2.31. The van der Waals surface area contributed by atoms with Gasteiger partial charge < -0.3 is 19.7 Å². The number of benzene rings is 3. The van der Waals surface area contributed by atoms with Gasteiger partial charge in [0.15, 0.2) is 11.5 Å². The molecule has 1 unspecified atom stereocenters. The molecule has 2 amide bonds. The molecule has 0 spiro atoms. The van der Waals surface area contributed by atoms with E-state index < -0.39 is 6.04 Å². The lowest BCUT2D eigenvalue weighted by atomic mass is 10.0. The summed E-state index contributed by atoms with van der Waals surface area (Å²) in [6, 6.07) is 24.0. The molecule has 1 heterocycles.